The topological polar surface area (TPSA) is 34.1 Å². The van der Waals surface area contributed by atoms with E-state index in [2.05, 4.69) is 36.4 Å². The molecule has 0 aliphatic carbocycles. The summed E-state index contributed by atoms with van der Waals surface area (Å²) in [7, 11) is 0. The summed E-state index contributed by atoms with van der Waals surface area (Å²) in [5, 5.41) is 3.60. The summed E-state index contributed by atoms with van der Waals surface area (Å²) in [4.78, 5) is 22.3. The van der Waals surface area contributed by atoms with E-state index in [4.69, 9.17) is 0 Å². The summed E-state index contributed by atoms with van der Waals surface area (Å²) in [5.74, 6) is 2.17. The van der Waals surface area contributed by atoms with Crippen molar-refractivity contribution in [3.05, 3.63) is 103 Å². The van der Waals surface area contributed by atoms with Crippen molar-refractivity contribution >= 4 is 40.2 Å². The van der Waals surface area contributed by atoms with E-state index in [0.29, 0.717) is 0 Å². The number of carbonyl (C=O) groups excluding carboxylic acids is 2. The Balaban J connectivity index is 0.000000396. The number of Topliss-reactive ketones (excluding diaryl/α,β-unsaturated/α-hetero) is 1. The van der Waals surface area contributed by atoms with Gasteiger partial charge in [-0.05, 0) is 54.9 Å². The molecule has 0 aromatic heterocycles. The first-order valence-electron chi connectivity index (χ1n) is 10.1. The fraction of sp³-hybridized carbons (Fsp3) is 0.148. The van der Waals surface area contributed by atoms with Crippen LogP contribution in [0.1, 0.15) is 27.2 Å². The molecule has 0 spiro atoms. The highest BCUT2D eigenvalue weighted by Crippen LogP contribution is 2.43. The molecule has 3 rings (SSSR count). The van der Waals surface area contributed by atoms with Crippen LogP contribution in [0.4, 0.5) is 0 Å². The molecule has 0 aliphatic rings. The lowest BCUT2D eigenvalue weighted by molar-refractivity contribution is -0.112. The molecular weight excluding hydrogens is 387 g/mol. The largest absolute Gasteiger partial charge is 0.295 e. The van der Waals surface area contributed by atoms with Crippen LogP contribution in [0.2, 0.25) is 0 Å². The molecule has 0 bridgehead atoms. The van der Waals surface area contributed by atoms with E-state index in [1.54, 1.807) is 19.9 Å². The summed E-state index contributed by atoms with van der Waals surface area (Å²) < 4.78 is 0. The van der Waals surface area contributed by atoms with Gasteiger partial charge < -0.3 is 0 Å². The summed E-state index contributed by atoms with van der Waals surface area (Å²) in [6.07, 6.45) is 4.38. The molecule has 0 saturated heterocycles. The summed E-state index contributed by atoms with van der Waals surface area (Å²) in [6, 6.07) is 31.1. The zero-order chi connectivity index (χ0) is 21.8. The van der Waals surface area contributed by atoms with E-state index >= 15 is 0 Å². The first kappa shape index (κ1) is 23.3. The number of ketones is 2. The normalized spacial score (nSPS) is 10.8. The Kier molecular flexibility index (Phi) is 9.25. The molecule has 3 aromatic rings. The van der Waals surface area contributed by atoms with E-state index in [-0.39, 0.29) is 11.6 Å². The van der Waals surface area contributed by atoms with Crippen LogP contribution in [0.25, 0.3) is 0 Å². The van der Waals surface area contributed by atoms with Gasteiger partial charge in [0.05, 0.1) is 0 Å². The van der Waals surface area contributed by atoms with E-state index < -0.39 is 6.89 Å². The smallest absolute Gasteiger partial charge is 0.153 e. The maximum Gasteiger partial charge on any atom is 0.153 e. The van der Waals surface area contributed by atoms with Crippen LogP contribution in [-0.2, 0) is 9.59 Å². The van der Waals surface area contributed by atoms with Crippen LogP contribution in [0.5, 0.6) is 0 Å². The summed E-state index contributed by atoms with van der Waals surface area (Å²) in [5.41, 5.74) is 0. The third-order valence-corrected chi connectivity index (χ3v) is 8.54. The molecule has 0 saturated carbocycles. The van der Waals surface area contributed by atoms with Crippen molar-refractivity contribution in [3.8, 4) is 0 Å². The maximum atomic E-state index is 12.2. The molecule has 154 valence electrons. The Labute approximate surface area is 180 Å². The predicted molar refractivity (Wildman–Crippen MR) is 132 cm³/mol. The van der Waals surface area contributed by atoms with E-state index in [0.717, 1.165) is 6.42 Å². The van der Waals surface area contributed by atoms with Crippen molar-refractivity contribution < 1.29 is 9.59 Å². The molecule has 30 heavy (non-hydrogen) atoms. The quantitative estimate of drug-likeness (QED) is 0.423. The van der Waals surface area contributed by atoms with Crippen molar-refractivity contribution in [2.45, 2.75) is 27.2 Å². The zero-order valence-corrected chi connectivity index (χ0v) is 18.8. The van der Waals surface area contributed by atoms with Gasteiger partial charge in [-0.2, -0.15) is 0 Å². The first-order valence-corrected chi connectivity index (χ1v) is 12.0. The minimum Gasteiger partial charge on any atom is -0.295 e. The average molecular weight is 417 g/mol. The molecule has 3 aromatic carbocycles. The molecule has 0 N–H and O–H groups in total. The van der Waals surface area contributed by atoms with Crippen LogP contribution in [0.15, 0.2) is 103 Å². The minimum atomic E-state index is -2.08. The van der Waals surface area contributed by atoms with Gasteiger partial charge in [0, 0.05) is 0 Å². The standard InChI is InChI=1S/C21H19OP.C6H10O/c1-18(22)17-23(19-11-5-2-6-12-19,20-13-7-3-8-14-20)21-15-9-4-10-16-21;1-3-4-5-6(2)7/h2-17H,1H3;4-5H,3H2,1-2H3/b;5-4+. The average Bonchev–Trinajstić information content (AvgIpc) is 2.78. The second-order valence-electron chi connectivity index (χ2n) is 6.89. The van der Waals surface area contributed by atoms with Crippen molar-refractivity contribution in [3.63, 3.8) is 0 Å². The first-order chi connectivity index (χ1) is 14.5. The Hall–Kier alpha value is -2.96. The molecule has 0 atom stereocenters. The number of hydrogen-bond acceptors (Lipinski definition) is 2. The van der Waals surface area contributed by atoms with Gasteiger partial charge >= 0.3 is 0 Å². The van der Waals surface area contributed by atoms with Gasteiger partial charge in [0.15, 0.2) is 11.6 Å². The zero-order valence-electron chi connectivity index (χ0n) is 17.9. The third kappa shape index (κ3) is 6.27. The van der Waals surface area contributed by atoms with Crippen LogP contribution < -0.4 is 15.9 Å². The Morgan fingerprint density at radius 2 is 1.03 bits per heavy atom. The van der Waals surface area contributed by atoms with E-state index in [1.165, 1.54) is 15.9 Å². The molecule has 0 radical (unpaired) electrons. The lowest BCUT2D eigenvalue weighted by atomic mass is 10.3. The Morgan fingerprint density at radius 3 is 1.27 bits per heavy atom. The van der Waals surface area contributed by atoms with Crippen LogP contribution in [-0.4, -0.2) is 17.4 Å². The van der Waals surface area contributed by atoms with Crippen molar-refractivity contribution in [1.29, 1.82) is 0 Å². The molecule has 3 heteroatoms. The summed E-state index contributed by atoms with van der Waals surface area (Å²) >= 11 is 0. The van der Waals surface area contributed by atoms with Gasteiger partial charge in [0.1, 0.15) is 0 Å². The van der Waals surface area contributed by atoms with Gasteiger partial charge in [-0.1, -0.05) is 104 Å². The summed E-state index contributed by atoms with van der Waals surface area (Å²) in [6.45, 7) is 3.11. The fourth-order valence-corrected chi connectivity index (χ4v) is 7.03. The monoisotopic (exact) mass is 416 g/mol. The molecule has 0 amide bonds. The highest BCUT2D eigenvalue weighted by atomic mass is 31.2. The van der Waals surface area contributed by atoms with Crippen molar-refractivity contribution in [2.75, 3.05) is 0 Å². The van der Waals surface area contributed by atoms with Gasteiger partial charge in [-0.15, -0.1) is 0 Å². The second kappa shape index (κ2) is 11.9. The van der Waals surface area contributed by atoms with Gasteiger partial charge in [-0.3, -0.25) is 9.59 Å². The van der Waals surface area contributed by atoms with Crippen LogP contribution in [0, 0.1) is 0 Å². The Morgan fingerprint density at radius 1 is 0.667 bits per heavy atom. The molecule has 0 unspecified atom stereocenters. The Bertz CT molecular complexity index is 917. The lowest BCUT2D eigenvalue weighted by Gasteiger charge is -2.28. The van der Waals surface area contributed by atoms with E-state index in [1.807, 2.05) is 73.4 Å². The maximum absolute atomic E-state index is 12.2. The lowest BCUT2D eigenvalue weighted by Crippen LogP contribution is -2.28. The van der Waals surface area contributed by atoms with E-state index in [9.17, 15) is 9.59 Å². The minimum absolute atomic E-state index is 0.106. The number of hydrogen-bond donors (Lipinski definition) is 0. The predicted octanol–water partition coefficient (Wildman–Crippen LogP) is 4.91. The molecule has 0 heterocycles. The number of allylic oxidation sites excluding steroid dienone is 2. The molecule has 0 aliphatic heterocycles. The fourth-order valence-electron chi connectivity index (χ4n) is 3.22. The molecule has 2 nitrogen and oxygen atoms in total. The van der Waals surface area contributed by atoms with Crippen molar-refractivity contribution in [2.24, 2.45) is 0 Å². The molecule has 0 fully saturated rings. The van der Waals surface area contributed by atoms with Gasteiger partial charge in [0.25, 0.3) is 0 Å². The highest BCUT2D eigenvalue weighted by molar-refractivity contribution is 7.95. The third-order valence-electron chi connectivity index (χ3n) is 4.45. The highest BCUT2D eigenvalue weighted by Gasteiger charge is 2.25. The number of carbonyl (C=O) groups is 2. The van der Waals surface area contributed by atoms with Gasteiger partial charge in [0.2, 0.25) is 0 Å². The van der Waals surface area contributed by atoms with Crippen LogP contribution in [0.3, 0.4) is 0 Å². The van der Waals surface area contributed by atoms with Gasteiger partial charge in [-0.25, -0.2) is 0 Å². The SMILES string of the molecule is CC(=O)C=P(c1ccccc1)(c1ccccc1)c1ccccc1.CC/C=C/C(C)=O. The number of rotatable bonds is 6. The van der Waals surface area contributed by atoms with Crippen LogP contribution >= 0.6 is 6.89 Å². The van der Waals surface area contributed by atoms with Crippen molar-refractivity contribution in [1.82, 2.24) is 0 Å². The number of benzene rings is 3. The molecular formula is C27H29O2P. The second-order valence-corrected chi connectivity index (χ2v) is 10.1.